The van der Waals surface area contributed by atoms with E-state index in [2.05, 4.69) is 33.8 Å². The van der Waals surface area contributed by atoms with Gasteiger partial charge in [0.1, 0.15) is 0 Å². The molecule has 0 spiro atoms. The van der Waals surface area contributed by atoms with E-state index in [1.54, 1.807) is 0 Å². The summed E-state index contributed by atoms with van der Waals surface area (Å²) in [6.07, 6.45) is 3.13. The van der Waals surface area contributed by atoms with Crippen molar-refractivity contribution < 1.29 is 4.79 Å². The Labute approximate surface area is 79.3 Å². The second-order valence-corrected chi connectivity index (χ2v) is 7.28. The van der Waals surface area contributed by atoms with Gasteiger partial charge in [-0.3, -0.25) is 0 Å². The van der Waals surface area contributed by atoms with Crippen LogP contribution in [0.1, 0.15) is 27.7 Å². The average molecular weight is 268 g/mol. The zero-order valence-corrected chi connectivity index (χ0v) is 10.0. The first-order valence-electron chi connectivity index (χ1n) is 3.80. The molecular formula is C9H16OTe. The number of rotatable bonds is 3. The Bertz CT molecular complexity index is 153. The number of carbonyl (C=O) groups excluding carboxylic acids is 1. The number of aldehydes is 1. The number of carbonyl (C=O) groups is 1. The molecule has 0 saturated carbocycles. The molecule has 0 heterocycles. The van der Waals surface area contributed by atoms with Gasteiger partial charge in [-0.15, -0.1) is 0 Å². The molecule has 0 atom stereocenters. The van der Waals surface area contributed by atoms with E-state index in [1.807, 2.05) is 0 Å². The van der Waals surface area contributed by atoms with Crippen LogP contribution in [0.3, 0.4) is 0 Å². The number of hydrogen-bond donors (Lipinski definition) is 0. The van der Waals surface area contributed by atoms with Crippen molar-refractivity contribution in [1.82, 2.24) is 0 Å². The summed E-state index contributed by atoms with van der Waals surface area (Å²) in [5.74, 6) is 0. The Morgan fingerprint density at radius 1 is 1.45 bits per heavy atom. The van der Waals surface area contributed by atoms with E-state index in [4.69, 9.17) is 0 Å². The third kappa shape index (κ3) is 6.59. The molecule has 2 heteroatoms. The Hall–Kier alpha value is 0.200. The van der Waals surface area contributed by atoms with Crippen molar-refractivity contribution >= 4 is 27.2 Å². The van der Waals surface area contributed by atoms with E-state index in [-0.39, 0.29) is 26.3 Å². The number of allylic oxidation sites excluding steroid dienone is 2. The maximum atomic E-state index is 10.5. The molecule has 0 fully saturated rings. The first kappa shape index (κ1) is 11.2. The average Bonchev–Trinajstić information content (AvgIpc) is 1.84. The topological polar surface area (TPSA) is 17.1 Å². The summed E-state index contributed by atoms with van der Waals surface area (Å²) in [6.45, 7) is 8.51. The molecule has 11 heavy (non-hydrogen) atoms. The van der Waals surface area contributed by atoms with E-state index in [0.717, 1.165) is 9.91 Å². The Kier molecular flexibility index (Phi) is 5.04. The van der Waals surface area contributed by atoms with Crippen LogP contribution >= 0.6 is 0 Å². The molecule has 0 unspecified atom stereocenters. The fraction of sp³-hybridized carbons (Fsp3) is 0.667. The predicted octanol–water partition coefficient (Wildman–Crippen LogP) is 2.26. The van der Waals surface area contributed by atoms with Gasteiger partial charge in [-0.25, -0.2) is 0 Å². The van der Waals surface area contributed by atoms with Gasteiger partial charge in [0.25, 0.3) is 0 Å². The van der Waals surface area contributed by atoms with E-state index in [9.17, 15) is 4.79 Å². The Morgan fingerprint density at radius 2 is 2.00 bits per heavy atom. The molecule has 1 nitrogen and oxygen atoms in total. The van der Waals surface area contributed by atoms with Gasteiger partial charge in [-0.05, 0) is 0 Å². The first-order valence-corrected chi connectivity index (χ1v) is 6.61. The summed E-state index contributed by atoms with van der Waals surface area (Å²) < 4.78 is 2.23. The van der Waals surface area contributed by atoms with Crippen molar-refractivity contribution in [3.8, 4) is 0 Å². The van der Waals surface area contributed by atoms with Gasteiger partial charge >= 0.3 is 79.3 Å². The molecule has 0 aliphatic rings. The van der Waals surface area contributed by atoms with Crippen LogP contribution in [-0.4, -0.2) is 27.2 Å². The third-order valence-corrected chi connectivity index (χ3v) is 3.39. The van der Waals surface area contributed by atoms with Crippen molar-refractivity contribution in [3.63, 3.8) is 0 Å². The van der Waals surface area contributed by atoms with E-state index in [1.165, 1.54) is 4.47 Å². The first-order chi connectivity index (χ1) is 4.99. The van der Waals surface area contributed by atoms with Gasteiger partial charge in [-0.2, -0.15) is 0 Å². The van der Waals surface area contributed by atoms with E-state index >= 15 is 0 Å². The van der Waals surface area contributed by atoms with Crippen molar-refractivity contribution in [2.24, 2.45) is 5.41 Å². The van der Waals surface area contributed by atoms with Crippen molar-refractivity contribution in [1.29, 1.82) is 0 Å². The number of hydrogen-bond acceptors (Lipinski definition) is 1. The summed E-state index contributed by atoms with van der Waals surface area (Å²) in [5.41, 5.74) is 0.163. The standard InChI is InChI=1S/C9H16OTe/c1-5-11-8(7-10)6-9(2,3)4/h6-7H,5H2,1-4H3/b8-6+. The monoisotopic (exact) mass is 270 g/mol. The third-order valence-electron chi connectivity index (χ3n) is 1.00. The van der Waals surface area contributed by atoms with E-state index in [0.29, 0.717) is 0 Å². The van der Waals surface area contributed by atoms with Gasteiger partial charge in [0.2, 0.25) is 0 Å². The summed E-state index contributed by atoms with van der Waals surface area (Å²) in [4.78, 5) is 10.5. The van der Waals surface area contributed by atoms with Crippen LogP contribution in [0.25, 0.3) is 0 Å². The summed E-state index contributed by atoms with van der Waals surface area (Å²) in [6, 6.07) is 0. The molecule has 0 aromatic rings. The minimum atomic E-state index is -0.177. The molecule has 0 rings (SSSR count). The van der Waals surface area contributed by atoms with Gasteiger partial charge in [-0.1, -0.05) is 0 Å². The van der Waals surface area contributed by atoms with Crippen LogP contribution in [0.5, 0.6) is 0 Å². The molecule has 64 valence electrons. The van der Waals surface area contributed by atoms with Crippen LogP contribution in [0, 0.1) is 5.41 Å². The predicted molar refractivity (Wildman–Crippen MR) is 49.8 cm³/mol. The zero-order valence-electron chi connectivity index (χ0n) is 7.68. The quantitative estimate of drug-likeness (QED) is 0.436. The Balaban J connectivity index is 4.23. The normalized spacial score (nSPS) is 13.3. The van der Waals surface area contributed by atoms with Gasteiger partial charge in [0.15, 0.2) is 0 Å². The second-order valence-electron chi connectivity index (χ2n) is 3.46. The fourth-order valence-electron chi connectivity index (χ4n) is 0.703. The molecule has 0 bridgehead atoms. The molecule has 0 saturated heterocycles. The zero-order chi connectivity index (χ0) is 8.91. The summed E-state index contributed by atoms with van der Waals surface area (Å²) in [5, 5.41) is 0. The molecular weight excluding hydrogens is 252 g/mol. The van der Waals surface area contributed by atoms with Gasteiger partial charge in [0.05, 0.1) is 0 Å². The minimum absolute atomic E-state index is 0.163. The molecule has 0 aromatic heterocycles. The summed E-state index contributed by atoms with van der Waals surface area (Å²) in [7, 11) is 0. The molecule has 0 N–H and O–H groups in total. The van der Waals surface area contributed by atoms with Crippen molar-refractivity contribution in [2.75, 3.05) is 0 Å². The van der Waals surface area contributed by atoms with Crippen LogP contribution in [0.4, 0.5) is 0 Å². The summed E-state index contributed by atoms with van der Waals surface area (Å²) >= 11 is -0.177. The van der Waals surface area contributed by atoms with Crippen LogP contribution in [-0.2, 0) is 4.79 Å². The van der Waals surface area contributed by atoms with E-state index < -0.39 is 0 Å². The van der Waals surface area contributed by atoms with Crippen molar-refractivity contribution in [2.45, 2.75) is 32.2 Å². The fourth-order valence-corrected chi connectivity index (χ4v) is 3.10. The molecule has 0 radical (unpaired) electrons. The van der Waals surface area contributed by atoms with Gasteiger partial charge < -0.3 is 0 Å². The molecule has 0 aliphatic carbocycles. The SMILES string of the molecule is CC[Te]/C(C=O)=C/C(C)(C)C. The molecule has 0 aliphatic heterocycles. The van der Waals surface area contributed by atoms with Crippen molar-refractivity contribution in [3.05, 3.63) is 9.70 Å². The molecule has 0 amide bonds. The maximum absolute atomic E-state index is 10.5. The van der Waals surface area contributed by atoms with Crippen LogP contribution in [0.15, 0.2) is 9.70 Å². The molecule has 0 aromatic carbocycles. The van der Waals surface area contributed by atoms with Gasteiger partial charge in [0, 0.05) is 0 Å². The second kappa shape index (κ2) is 4.95. The van der Waals surface area contributed by atoms with Crippen LogP contribution < -0.4 is 0 Å². The van der Waals surface area contributed by atoms with Crippen LogP contribution in [0.2, 0.25) is 4.47 Å². The Morgan fingerprint density at radius 3 is 2.27 bits per heavy atom.